The van der Waals surface area contributed by atoms with Gasteiger partial charge in [-0.3, -0.25) is 4.79 Å². The second-order valence-corrected chi connectivity index (χ2v) is 7.06. The topological polar surface area (TPSA) is 43.3 Å². The number of thiophene rings is 1. The zero-order chi connectivity index (χ0) is 16.4. The van der Waals surface area contributed by atoms with Gasteiger partial charge in [-0.15, -0.1) is 11.3 Å². The fourth-order valence-corrected chi connectivity index (χ4v) is 4.03. The molecule has 1 atom stereocenters. The monoisotopic (exact) mass is 340 g/mol. The smallest absolute Gasteiger partial charge is 0.268 e. The van der Waals surface area contributed by atoms with E-state index in [1.807, 2.05) is 24.3 Å². The standard InChI is InChI=1S/C19H20N2O2S/c22-19(20-12-15-7-4-9-23-15)17-11-18-16(8-10-24-18)21(17)13-14-5-2-1-3-6-14/h1-3,5-6,8,10-11,15H,4,7,9,12-13H2,(H,20,22)/t15-/m0/s1. The lowest BCUT2D eigenvalue weighted by Gasteiger charge is -2.13. The van der Waals surface area contributed by atoms with Crippen molar-refractivity contribution in [3.8, 4) is 0 Å². The molecule has 4 rings (SSSR count). The number of hydrogen-bond acceptors (Lipinski definition) is 3. The number of ether oxygens (including phenoxy) is 1. The Morgan fingerprint density at radius 2 is 2.17 bits per heavy atom. The van der Waals surface area contributed by atoms with E-state index in [1.165, 1.54) is 5.56 Å². The molecule has 0 bridgehead atoms. The molecule has 0 radical (unpaired) electrons. The highest BCUT2D eigenvalue weighted by molar-refractivity contribution is 7.17. The van der Waals surface area contributed by atoms with E-state index in [0.29, 0.717) is 13.1 Å². The maximum absolute atomic E-state index is 12.7. The van der Waals surface area contributed by atoms with Crippen molar-refractivity contribution in [2.75, 3.05) is 13.2 Å². The summed E-state index contributed by atoms with van der Waals surface area (Å²) >= 11 is 1.67. The summed E-state index contributed by atoms with van der Waals surface area (Å²) in [6, 6.07) is 14.3. The highest BCUT2D eigenvalue weighted by Crippen LogP contribution is 2.26. The van der Waals surface area contributed by atoms with Crippen LogP contribution in [0.1, 0.15) is 28.9 Å². The van der Waals surface area contributed by atoms with Gasteiger partial charge in [0.25, 0.3) is 5.91 Å². The predicted octanol–water partition coefficient (Wildman–Crippen LogP) is 3.66. The lowest BCUT2D eigenvalue weighted by Crippen LogP contribution is -2.33. The van der Waals surface area contributed by atoms with Crippen LogP contribution in [0.3, 0.4) is 0 Å². The molecule has 1 N–H and O–H groups in total. The Morgan fingerprint density at radius 3 is 2.96 bits per heavy atom. The molecule has 0 spiro atoms. The van der Waals surface area contributed by atoms with Crippen LogP contribution < -0.4 is 5.32 Å². The van der Waals surface area contributed by atoms with Gasteiger partial charge in [0.15, 0.2) is 0 Å². The van der Waals surface area contributed by atoms with Crippen molar-refractivity contribution in [2.45, 2.75) is 25.5 Å². The van der Waals surface area contributed by atoms with E-state index >= 15 is 0 Å². The van der Waals surface area contributed by atoms with Crippen molar-refractivity contribution in [1.82, 2.24) is 9.88 Å². The Labute approximate surface area is 145 Å². The normalized spacial score (nSPS) is 17.4. The molecular formula is C19H20N2O2S. The first-order valence-corrected chi connectivity index (χ1v) is 9.20. The van der Waals surface area contributed by atoms with E-state index in [2.05, 4.69) is 33.5 Å². The van der Waals surface area contributed by atoms with Crippen molar-refractivity contribution < 1.29 is 9.53 Å². The number of aromatic nitrogens is 1. The minimum atomic E-state index is -0.0233. The third kappa shape index (κ3) is 3.09. The molecule has 4 nitrogen and oxygen atoms in total. The number of nitrogens with zero attached hydrogens (tertiary/aromatic N) is 1. The van der Waals surface area contributed by atoms with E-state index in [-0.39, 0.29) is 12.0 Å². The van der Waals surface area contributed by atoms with E-state index in [4.69, 9.17) is 4.74 Å². The third-order valence-electron chi connectivity index (χ3n) is 4.45. The first kappa shape index (κ1) is 15.4. The summed E-state index contributed by atoms with van der Waals surface area (Å²) in [5.41, 5.74) is 3.03. The van der Waals surface area contributed by atoms with Gasteiger partial charge in [-0.05, 0) is 35.9 Å². The first-order valence-electron chi connectivity index (χ1n) is 8.32. The summed E-state index contributed by atoms with van der Waals surface area (Å²) in [5, 5.41) is 5.11. The molecular weight excluding hydrogens is 320 g/mol. The number of nitrogens with one attached hydrogen (secondary N) is 1. The summed E-state index contributed by atoms with van der Waals surface area (Å²) in [6.45, 7) is 2.09. The molecule has 24 heavy (non-hydrogen) atoms. The van der Waals surface area contributed by atoms with Crippen molar-refractivity contribution >= 4 is 27.5 Å². The van der Waals surface area contributed by atoms with Gasteiger partial charge >= 0.3 is 0 Å². The largest absolute Gasteiger partial charge is 0.376 e. The molecule has 1 aliphatic rings. The average Bonchev–Trinajstić information content (AvgIpc) is 3.32. The van der Waals surface area contributed by atoms with Crippen LogP contribution in [0.4, 0.5) is 0 Å². The van der Waals surface area contributed by atoms with Gasteiger partial charge in [-0.2, -0.15) is 0 Å². The maximum Gasteiger partial charge on any atom is 0.268 e. The summed E-state index contributed by atoms with van der Waals surface area (Å²) in [7, 11) is 0. The van der Waals surface area contributed by atoms with E-state index in [0.717, 1.165) is 35.4 Å². The van der Waals surface area contributed by atoms with Gasteiger partial charge in [0.1, 0.15) is 5.69 Å². The molecule has 0 aliphatic carbocycles. The van der Waals surface area contributed by atoms with Crippen LogP contribution in [0.2, 0.25) is 0 Å². The number of rotatable bonds is 5. The van der Waals surface area contributed by atoms with E-state index < -0.39 is 0 Å². The first-order chi connectivity index (χ1) is 11.8. The Morgan fingerprint density at radius 1 is 1.29 bits per heavy atom. The summed E-state index contributed by atoms with van der Waals surface area (Å²) in [5.74, 6) is -0.0233. The predicted molar refractivity (Wildman–Crippen MR) is 96.7 cm³/mol. The fraction of sp³-hybridized carbons (Fsp3) is 0.316. The van der Waals surface area contributed by atoms with Crippen molar-refractivity contribution in [3.63, 3.8) is 0 Å². The molecule has 3 heterocycles. The molecule has 0 saturated carbocycles. The number of fused-ring (bicyclic) bond motifs is 1. The lowest BCUT2D eigenvalue weighted by molar-refractivity contribution is 0.0851. The second kappa shape index (κ2) is 6.79. The third-order valence-corrected chi connectivity index (χ3v) is 5.31. The number of carbonyl (C=O) groups is 1. The number of amides is 1. The van der Waals surface area contributed by atoms with Crippen LogP contribution in [-0.2, 0) is 11.3 Å². The highest BCUT2D eigenvalue weighted by atomic mass is 32.1. The SMILES string of the molecule is O=C(NC[C@@H]1CCCO1)c1cc2sccc2n1Cc1ccccc1. The van der Waals surface area contributed by atoms with E-state index in [1.54, 1.807) is 11.3 Å². The Bertz CT molecular complexity index is 832. The molecule has 3 aromatic rings. The van der Waals surface area contributed by atoms with Gasteiger partial charge in [0.05, 0.1) is 16.3 Å². The Hall–Kier alpha value is -2.11. The summed E-state index contributed by atoms with van der Waals surface area (Å²) in [4.78, 5) is 12.7. The molecule has 1 fully saturated rings. The molecule has 124 valence electrons. The lowest BCUT2D eigenvalue weighted by atomic mass is 10.2. The van der Waals surface area contributed by atoms with Gasteiger partial charge < -0.3 is 14.6 Å². The quantitative estimate of drug-likeness (QED) is 0.770. The Balaban J connectivity index is 1.58. The molecule has 5 heteroatoms. The zero-order valence-corrected chi connectivity index (χ0v) is 14.2. The van der Waals surface area contributed by atoms with Gasteiger partial charge in [-0.25, -0.2) is 0 Å². The Kier molecular flexibility index (Phi) is 4.36. The average molecular weight is 340 g/mol. The molecule has 1 aromatic carbocycles. The summed E-state index contributed by atoms with van der Waals surface area (Å²) < 4.78 is 8.84. The van der Waals surface area contributed by atoms with Crippen LogP contribution in [0.15, 0.2) is 47.8 Å². The van der Waals surface area contributed by atoms with Crippen LogP contribution in [0, 0.1) is 0 Å². The van der Waals surface area contributed by atoms with Crippen molar-refractivity contribution in [1.29, 1.82) is 0 Å². The molecule has 1 amide bonds. The number of hydrogen-bond donors (Lipinski definition) is 1. The second-order valence-electron chi connectivity index (χ2n) is 6.12. The van der Waals surface area contributed by atoms with Crippen LogP contribution >= 0.6 is 11.3 Å². The number of benzene rings is 1. The molecule has 1 aliphatic heterocycles. The van der Waals surface area contributed by atoms with Crippen molar-refractivity contribution in [2.24, 2.45) is 0 Å². The van der Waals surface area contributed by atoms with Crippen molar-refractivity contribution in [3.05, 3.63) is 59.1 Å². The molecule has 0 unspecified atom stereocenters. The summed E-state index contributed by atoms with van der Waals surface area (Å²) in [6.07, 6.45) is 2.27. The minimum Gasteiger partial charge on any atom is -0.376 e. The number of carbonyl (C=O) groups excluding carboxylic acids is 1. The zero-order valence-electron chi connectivity index (χ0n) is 13.4. The van der Waals surface area contributed by atoms with Crippen LogP contribution in [0.25, 0.3) is 10.2 Å². The molecule has 1 saturated heterocycles. The van der Waals surface area contributed by atoms with Gasteiger partial charge in [-0.1, -0.05) is 30.3 Å². The van der Waals surface area contributed by atoms with Crippen LogP contribution in [-0.4, -0.2) is 29.7 Å². The highest BCUT2D eigenvalue weighted by Gasteiger charge is 2.20. The van der Waals surface area contributed by atoms with Crippen LogP contribution in [0.5, 0.6) is 0 Å². The fourth-order valence-electron chi connectivity index (χ4n) is 3.20. The van der Waals surface area contributed by atoms with Gasteiger partial charge in [0.2, 0.25) is 0 Å². The van der Waals surface area contributed by atoms with Gasteiger partial charge in [0, 0.05) is 19.7 Å². The molecule has 2 aromatic heterocycles. The minimum absolute atomic E-state index is 0.0233. The van der Waals surface area contributed by atoms with E-state index in [9.17, 15) is 4.79 Å². The maximum atomic E-state index is 12.7.